The molecule has 0 spiro atoms. The molecule has 11 nitrogen and oxygen atoms in total. The smallest absolute Gasteiger partial charge is 0.340 e. The molecule has 43 heavy (non-hydrogen) atoms. The third kappa shape index (κ3) is 9.99. The minimum absolute atomic E-state index is 0.140. The predicted octanol–water partition coefficient (Wildman–Crippen LogP) is 3.98. The number of sulfonamides is 1. The van der Waals surface area contributed by atoms with Gasteiger partial charge in [-0.15, -0.1) is 0 Å². The van der Waals surface area contributed by atoms with E-state index in [4.69, 9.17) is 30.6 Å². The average molecular weight is 640 g/mol. The molecule has 0 aliphatic carbocycles. The molecule has 0 amide bonds. The molecule has 0 radical (unpaired) electrons. The van der Waals surface area contributed by atoms with Crippen LogP contribution >= 0.6 is 11.6 Å². The van der Waals surface area contributed by atoms with Crippen LogP contribution in [0.15, 0.2) is 70.2 Å². The molecular weight excluding hydrogens is 612 g/mol. The number of hydrogen-bond acceptors (Lipinski definition) is 10. The van der Waals surface area contributed by atoms with Crippen molar-refractivity contribution in [3.8, 4) is 0 Å². The number of Topliss-reactive ketones (excluding diaryl/α,β-unsaturated/α-hetero) is 1. The van der Waals surface area contributed by atoms with Gasteiger partial charge in [-0.25, -0.2) is 31.9 Å². The number of ether oxygens (including phenoxy) is 2. The zero-order chi connectivity index (χ0) is 31.7. The number of anilines is 1. The molecule has 0 bridgehead atoms. The van der Waals surface area contributed by atoms with Gasteiger partial charge in [-0.05, 0) is 56.3 Å². The molecule has 0 saturated carbocycles. The SMILES string of the molecule is CC(COC(=O)/C=C/COC(=O)c1cc(S(N)(=O)=O)c(Cl)cc1NCc1ccco1)NC(C)C(=O)c1cc(F)cc(F)c1. The summed E-state index contributed by atoms with van der Waals surface area (Å²) in [6.07, 6.45) is 3.67. The van der Waals surface area contributed by atoms with Crippen molar-refractivity contribution in [2.45, 2.75) is 37.4 Å². The molecule has 4 N–H and O–H groups in total. The first-order valence-corrected chi connectivity index (χ1v) is 14.6. The maximum Gasteiger partial charge on any atom is 0.340 e. The monoisotopic (exact) mass is 639 g/mol. The van der Waals surface area contributed by atoms with Crippen LogP contribution in [0, 0.1) is 11.6 Å². The number of hydrogen-bond donors (Lipinski definition) is 3. The molecule has 0 saturated heterocycles. The lowest BCUT2D eigenvalue weighted by molar-refractivity contribution is -0.138. The maximum atomic E-state index is 13.4. The molecule has 230 valence electrons. The number of halogens is 3. The van der Waals surface area contributed by atoms with Crippen molar-refractivity contribution in [1.29, 1.82) is 0 Å². The molecule has 0 aliphatic rings. The second kappa shape index (κ2) is 14.9. The number of carbonyl (C=O) groups excluding carboxylic acids is 3. The van der Waals surface area contributed by atoms with Crippen LogP contribution in [0.2, 0.25) is 5.02 Å². The quantitative estimate of drug-likeness (QED) is 0.133. The van der Waals surface area contributed by atoms with E-state index in [1.807, 2.05) is 0 Å². The van der Waals surface area contributed by atoms with Crippen molar-refractivity contribution < 1.29 is 45.5 Å². The molecule has 15 heteroatoms. The van der Waals surface area contributed by atoms with Crippen molar-refractivity contribution in [1.82, 2.24) is 5.32 Å². The Morgan fingerprint density at radius 1 is 1.09 bits per heavy atom. The van der Waals surface area contributed by atoms with Crippen LogP contribution in [0.3, 0.4) is 0 Å². The van der Waals surface area contributed by atoms with Gasteiger partial charge >= 0.3 is 11.9 Å². The molecule has 3 aromatic rings. The van der Waals surface area contributed by atoms with Gasteiger partial charge in [0.05, 0.1) is 35.1 Å². The Kier molecular flexibility index (Phi) is 11.5. The third-order valence-corrected chi connectivity index (χ3v) is 7.12. The highest BCUT2D eigenvalue weighted by atomic mass is 35.5. The van der Waals surface area contributed by atoms with E-state index in [1.165, 1.54) is 25.3 Å². The lowest BCUT2D eigenvalue weighted by atomic mass is 10.0. The molecule has 2 atom stereocenters. The van der Waals surface area contributed by atoms with E-state index in [1.54, 1.807) is 19.1 Å². The fraction of sp³-hybridized carbons (Fsp3) is 0.250. The lowest BCUT2D eigenvalue weighted by Gasteiger charge is -2.19. The van der Waals surface area contributed by atoms with Gasteiger partial charge in [0.2, 0.25) is 10.0 Å². The summed E-state index contributed by atoms with van der Waals surface area (Å²) in [5.41, 5.74) is -0.168. The molecule has 0 aliphatic heterocycles. The largest absolute Gasteiger partial charge is 0.467 e. The number of benzene rings is 2. The summed E-state index contributed by atoms with van der Waals surface area (Å²) >= 11 is 6.06. The molecule has 3 rings (SSSR count). The van der Waals surface area contributed by atoms with E-state index in [0.29, 0.717) is 11.8 Å². The Labute approximate surface area is 251 Å². The second-order valence-electron chi connectivity index (χ2n) is 9.25. The van der Waals surface area contributed by atoms with Crippen molar-refractivity contribution in [2.24, 2.45) is 5.14 Å². The fourth-order valence-corrected chi connectivity index (χ4v) is 4.88. The summed E-state index contributed by atoms with van der Waals surface area (Å²) in [4.78, 5) is 36.8. The number of primary sulfonamides is 1. The van der Waals surface area contributed by atoms with Crippen LogP contribution in [0.25, 0.3) is 0 Å². The van der Waals surface area contributed by atoms with Gasteiger partial charge in [-0.3, -0.25) is 4.79 Å². The first-order chi connectivity index (χ1) is 20.2. The molecule has 2 aromatic carbocycles. The number of ketones is 1. The van der Waals surface area contributed by atoms with Crippen LogP contribution in [0.1, 0.15) is 40.3 Å². The number of nitrogens with two attached hydrogens (primary N) is 1. The first kappa shape index (κ1) is 33.4. The van der Waals surface area contributed by atoms with Gasteiger partial charge in [0.1, 0.15) is 35.5 Å². The van der Waals surface area contributed by atoms with E-state index in [-0.39, 0.29) is 41.6 Å². The average Bonchev–Trinajstić information content (AvgIpc) is 3.45. The van der Waals surface area contributed by atoms with Crippen molar-refractivity contribution in [3.05, 3.63) is 94.4 Å². The van der Waals surface area contributed by atoms with Gasteiger partial charge in [-0.1, -0.05) is 11.6 Å². The van der Waals surface area contributed by atoms with Crippen molar-refractivity contribution in [2.75, 3.05) is 18.5 Å². The lowest BCUT2D eigenvalue weighted by Crippen LogP contribution is -2.42. The van der Waals surface area contributed by atoms with E-state index < -0.39 is 56.4 Å². The highest BCUT2D eigenvalue weighted by Gasteiger charge is 2.22. The van der Waals surface area contributed by atoms with Crippen LogP contribution in [-0.4, -0.2) is 51.4 Å². The van der Waals surface area contributed by atoms with Crippen LogP contribution in [0.5, 0.6) is 0 Å². The van der Waals surface area contributed by atoms with Crippen LogP contribution < -0.4 is 15.8 Å². The van der Waals surface area contributed by atoms with Crippen molar-refractivity contribution >= 4 is 45.0 Å². The summed E-state index contributed by atoms with van der Waals surface area (Å²) in [5.74, 6) is -3.48. The van der Waals surface area contributed by atoms with Crippen LogP contribution in [0.4, 0.5) is 14.5 Å². The summed E-state index contributed by atoms with van der Waals surface area (Å²) in [5, 5.41) is 10.8. The van der Waals surface area contributed by atoms with Gasteiger partial charge in [-0.2, -0.15) is 0 Å². The van der Waals surface area contributed by atoms with E-state index in [9.17, 15) is 31.6 Å². The van der Waals surface area contributed by atoms with Crippen LogP contribution in [-0.2, 0) is 30.8 Å². The number of carbonyl (C=O) groups is 3. The topological polar surface area (TPSA) is 167 Å². The van der Waals surface area contributed by atoms with Gasteiger partial charge in [0, 0.05) is 23.7 Å². The molecule has 1 heterocycles. The number of nitrogens with one attached hydrogen (secondary N) is 2. The van der Waals surface area contributed by atoms with Gasteiger partial charge in [0.25, 0.3) is 0 Å². The maximum absolute atomic E-state index is 13.4. The number of esters is 2. The fourth-order valence-electron chi connectivity index (χ4n) is 3.78. The molecule has 2 unspecified atom stereocenters. The summed E-state index contributed by atoms with van der Waals surface area (Å²) < 4.78 is 66.1. The Bertz CT molecular complexity index is 1590. The highest BCUT2D eigenvalue weighted by Crippen LogP contribution is 2.29. The minimum Gasteiger partial charge on any atom is -0.467 e. The predicted molar refractivity (Wildman–Crippen MR) is 152 cm³/mol. The Hall–Kier alpha value is -4.11. The molecular formula is C28H28ClF2N3O8S. The number of rotatable bonds is 14. The third-order valence-electron chi connectivity index (χ3n) is 5.75. The number of furan rings is 1. The van der Waals surface area contributed by atoms with E-state index in [2.05, 4.69) is 10.6 Å². The Morgan fingerprint density at radius 2 is 1.79 bits per heavy atom. The Morgan fingerprint density at radius 3 is 2.42 bits per heavy atom. The minimum atomic E-state index is -4.26. The van der Waals surface area contributed by atoms with E-state index >= 15 is 0 Å². The van der Waals surface area contributed by atoms with Crippen molar-refractivity contribution in [3.63, 3.8) is 0 Å². The normalized spacial score (nSPS) is 13.0. The standard InChI is InChI=1S/C28H28ClF2N3O8S/c1-16(34-17(2)27(36)18-9-19(30)11-20(31)10-18)15-42-26(35)6-4-8-41-28(37)22-12-25(43(32,38)39)23(29)13-24(22)33-14-21-5-3-7-40-21/h3-7,9-13,16-17,33-34H,8,14-15H2,1-2H3,(H2,32,38,39)/b6-4+. The highest BCUT2D eigenvalue weighted by molar-refractivity contribution is 7.89. The molecule has 0 fully saturated rings. The second-order valence-corrected chi connectivity index (χ2v) is 11.2. The first-order valence-electron chi connectivity index (χ1n) is 12.6. The zero-order valence-electron chi connectivity index (χ0n) is 22.9. The zero-order valence-corrected chi connectivity index (χ0v) is 24.5. The van der Waals surface area contributed by atoms with Gasteiger partial charge < -0.3 is 24.5 Å². The summed E-state index contributed by atoms with van der Waals surface area (Å²) in [6.45, 7) is 2.76. The van der Waals surface area contributed by atoms with E-state index in [0.717, 1.165) is 24.3 Å². The Balaban J connectivity index is 1.53. The summed E-state index contributed by atoms with van der Waals surface area (Å²) in [7, 11) is -4.26. The summed E-state index contributed by atoms with van der Waals surface area (Å²) in [6, 6.07) is 6.72. The van der Waals surface area contributed by atoms with Gasteiger partial charge in [0.15, 0.2) is 5.78 Å². The molecule has 1 aromatic heterocycles.